The van der Waals surface area contributed by atoms with E-state index in [0.717, 1.165) is 11.3 Å². The van der Waals surface area contributed by atoms with Crippen LogP contribution in [0.15, 0.2) is 36.4 Å². The number of hydrogen-bond acceptors (Lipinski definition) is 3. The van der Waals surface area contributed by atoms with Gasteiger partial charge in [0.2, 0.25) is 0 Å². The molecule has 0 bridgehead atoms. The third-order valence-corrected chi connectivity index (χ3v) is 2.81. The Bertz CT molecular complexity index is 609. The van der Waals surface area contributed by atoms with Crippen LogP contribution in [0.3, 0.4) is 0 Å². The maximum Gasteiger partial charge on any atom is 0.339 e. The second kappa shape index (κ2) is 5.52. The Kier molecular flexibility index (Phi) is 3.80. The van der Waals surface area contributed by atoms with E-state index in [1.54, 1.807) is 12.1 Å². The van der Waals surface area contributed by atoms with Crippen LogP contribution in [0.1, 0.15) is 27.2 Å². The minimum absolute atomic E-state index is 0.193. The number of benzene rings is 1. The summed E-state index contributed by atoms with van der Waals surface area (Å²) in [6, 6.07) is 11.3. The van der Waals surface area contributed by atoms with Gasteiger partial charge in [-0.25, -0.2) is 9.78 Å². The number of aromatic nitrogens is 1. The third kappa shape index (κ3) is 3.31. The van der Waals surface area contributed by atoms with Crippen molar-refractivity contribution in [1.29, 1.82) is 0 Å². The van der Waals surface area contributed by atoms with Gasteiger partial charge in [-0.05, 0) is 31.5 Å². The highest BCUT2D eigenvalue weighted by Crippen LogP contribution is 2.15. The molecule has 19 heavy (non-hydrogen) atoms. The topological polar surface area (TPSA) is 62.2 Å². The van der Waals surface area contributed by atoms with Crippen LogP contribution in [0.25, 0.3) is 0 Å². The van der Waals surface area contributed by atoms with Gasteiger partial charge in [-0.3, -0.25) is 0 Å². The van der Waals surface area contributed by atoms with Gasteiger partial charge in [-0.1, -0.05) is 29.8 Å². The molecule has 0 saturated heterocycles. The molecule has 0 aliphatic rings. The number of hydrogen-bond donors (Lipinski definition) is 2. The summed E-state index contributed by atoms with van der Waals surface area (Å²) in [5, 5.41) is 12.2. The van der Waals surface area contributed by atoms with E-state index in [2.05, 4.69) is 16.4 Å². The summed E-state index contributed by atoms with van der Waals surface area (Å²) in [5.74, 6) is -0.562. The first kappa shape index (κ1) is 13.1. The molecule has 0 aliphatic heterocycles. The zero-order valence-corrected chi connectivity index (χ0v) is 11.0. The summed E-state index contributed by atoms with van der Waals surface area (Å²) in [4.78, 5) is 15.4. The lowest BCUT2D eigenvalue weighted by molar-refractivity contribution is 0.0697. The molecular weight excluding hydrogens is 240 g/mol. The summed E-state index contributed by atoms with van der Waals surface area (Å²) in [5.41, 5.74) is 3.25. The van der Waals surface area contributed by atoms with Crippen molar-refractivity contribution in [2.75, 3.05) is 5.32 Å². The van der Waals surface area contributed by atoms with Crippen LogP contribution in [0, 0.1) is 13.8 Å². The molecule has 1 aromatic heterocycles. The fourth-order valence-corrected chi connectivity index (χ4v) is 1.87. The average Bonchev–Trinajstić information content (AvgIpc) is 2.36. The molecule has 2 aromatic rings. The number of nitrogens with zero attached hydrogens (tertiary/aromatic N) is 1. The Labute approximate surface area is 112 Å². The molecular formula is C15H16N2O2. The number of rotatable bonds is 4. The van der Waals surface area contributed by atoms with Gasteiger partial charge in [0.05, 0.1) is 0 Å². The van der Waals surface area contributed by atoms with Gasteiger partial charge >= 0.3 is 5.97 Å². The largest absolute Gasteiger partial charge is 0.478 e. The maximum absolute atomic E-state index is 11.1. The van der Waals surface area contributed by atoms with Crippen molar-refractivity contribution >= 4 is 11.8 Å². The molecule has 0 atom stereocenters. The molecule has 2 rings (SSSR count). The normalized spacial score (nSPS) is 10.2. The Hall–Kier alpha value is -2.36. The zero-order chi connectivity index (χ0) is 13.8. The summed E-state index contributed by atoms with van der Waals surface area (Å²) in [6.07, 6.45) is 0. The molecule has 1 aromatic carbocycles. The SMILES string of the molecule is Cc1cccc(CNc2nc(C)ccc2C(=O)O)c1. The number of anilines is 1. The van der Waals surface area contributed by atoms with E-state index >= 15 is 0 Å². The first-order chi connectivity index (χ1) is 9.06. The fraction of sp³-hybridized carbons (Fsp3) is 0.200. The van der Waals surface area contributed by atoms with Gasteiger partial charge in [-0.15, -0.1) is 0 Å². The van der Waals surface area contributed by atoms with Crippen LogP contribution in [0.5, 0.6) is 0 Å². The molecule has 0 unspecified atom stereocenters. The predicted molar refractivity (Wildman–Crippen MR) is 74.4 cm³/mol. The van der Waals surface area contributed by atoms with Crippen molar-refractivity contribution in [3.8, 4) is 0 Å². The molecule has 0 saturated carbocycles. The lowest BCUT2D eigenvalue weighted by Crippen LogP contribution is -2.09. The first-order valence-corrected chi connectivity index (χ1v) is 6.06. The summed E-state index contributed by atoms with van der Waals surface area (Å²) in [6.45, 7) is 4.42. The molecule has 0 spiro atoms. The second-order valence-corrected chi connectivity index (χ2v) is 4.50. The summed E-state index contributed by atoms with van der Waals surface area (Å²) >= 11 is 0. The number of carboxylic acid groups (broad SMARTS) is 1. The Morgan fingerprint density at radius 3 is 2.74 bits per heavy atom. The van der Waals surface area contributed by atoms with E-state index in [1.165, 1.54) is 5.56 Å². The highest BCUT2D eigenvalue weighted by Gasteiger charge is 2.11. The molecule has 1 heterocycles. The Morgan fingerprint density at radius 1 is 1.26 bits per heavy atom. The molecule has 2 N–H and O–H groups in total. The number of carbonyl (C=O) groups is 1. The molecule has 0 aliphatic carbocycles. The molecule has 0 fully saturated rings. The smallest absolute Gasteiger partial charge is 0.339 e. The van der Waals surface area contributed by atoms with Crippen molar-refractivity contribution < 1.29 is 9.90 Å². The molecule has 4 nitrogen and oxygen atoms in total. The van der Waals surface area contributed by atoms with E-state index in [1.807, 2.05) is 32.0 Å². The number of aromatic carboxylic acids is 1. The molecule has 98 valence electrons. The van der Waals surface area contributed by atoms with Crippen LogP contribution in [0.2, 0.25) is 0 Å². The maximum atomic E-state index is 11.1. The van der Waals surface area contributed by atoms with E-state index in [9.17, 15) is 4.79 Å². The van der Waals surface area contributed by atoms with E-state index in [4.69, 9.17) is 5.11 Å². The number of pyridine rings is 1. The van der Waals surface area contributed by atoms with Gasteiger partial charge in [-0.2, -0.15) is 0 Å². The minimum atomic E-state index is -0.973. The molecule has 0 radical (unpaired) electrons. The first-order valence-electron chi connectivity index (χ1n) is 6.06. The quantitative estimate of drug-likeness (QED) is 0.882. The summed E-state index contributed by atoms with van der Waals surface area (Å²) in [7, 11) is 0. The van der Waals surface area contributed by atoms with Crippen LogP contribution in [0.4, 0.5) is 5.82 Å². The predicted octanol–water partition coefficient (Wildman–Crippen LogP) is 3.01. The monoisotopic (exact) mass is 256 g/mol. The lowest BCUT2D eigenvalue weighted by atomic mass is 10.1. The van der Waals surface area contributed by atoms with Crippen LogP contribution in [-0.2, 0) is 6.54 Å². The number of aryl methyl sites for hydroxylation is 2. The van der Waals surface area contributed by atoms with E-state index in [0.29, 0.717) is 12.4 Å². The Morgan fingerprint density at radius 2 is 2.05 bits per heavy atom. The molecule has 4 heteroatoms. The highest BCUT2D eigenvalue weighted by atomic mass is 16.4. The standard InChI is InChI=1S/C15H16N2O2/c1-10-4-3-5-12(8-10)9-16-14-13(15(18)19)7-6-11(2)17-14/h3-8H,9H2,1-2H3,(H,16,17)(H,18,19). The Balaban J connectivity index is 2.19. The van der Waals surface area contributed by atoms with Gasteiger partial charge in [0.1, 0.15) is 11.4 Å². The fourth-order valence-electron chi connectivity index (χ4n) is 1.87. The zero-order valence-electron chi connectivity index (χ0n) is 11.0. The van der Waals surface area contributed by atoms with Crippen molar-refractivity contribution in [2.24, 2.45) is 0 Å². The highest BCUT2D eigenvalue weighted by molar-refractivity contribution is 5.93. The van der Waals surface area contributed by atoms with Crippen LogP contribution in [-0.4, -0.2) is 16.1 Å². The van der Waals surface area contributed by atoms with Gasteiger partial charge < -0.3 is 10.4 Å². The summed E-state index contributed by atoms with van der Waals surface area (Å²) < 4.78 is 0. The van der Waals surface area contributed by atoms with Crippen LogP contribution >= 0.6 is 0 Å². The van der Waals surface area contributed by atoms with Crippen molar-refractivity contribution in [2.45, 2.75) is 20.4 Å². The van der Waals surface area contributed by atoms with Crippen LogP contribution < -0.4 is 5.32 Å². The van der Waals surface area contributed by atoms with Crippen molar-refractivity contribution in [3.05, 3.63) is 58.8 Å². The van der Waals surface area contributed by atoms with Crippen molar-refractivity contribution in [3.63, 3.8) is 0 Å². The third-order valence-electron chi connectivity index (χ3n) is 2.81. The van der Waals surface area contributed by atoms with Gasteiger partial charge in [0, 0.05) is 12.2 Å². The van der Waals surface area contributed by atoms with E-state index in [-0.39, 0.29) is 5.56 Å². The van der Waals surface area contributed by atoms with Crippen molar-refractivity contribution in [1.82, 2.24) is 4.98 Å². The molecule has 0 amide bonds. The minimum Gasteiger partial charge on any atom is -0.478 e. The average molecular weight is 256 g/mol. The number of carboxylic acids is 1. The second-order valence-electron chi connectivity index (χ2n) is 4.50. The van der Waals surface area contributed by atoms with E-state index < -0.39 is 5.97 Å². The lowest BCUT2D eigenvalue weighted by Gasteiger charge is -2.10. The van der Waals surface area contributed by atoms with Gasteiger partial charge in [0.25, 0.3) is 0 Å². The number of nitrogens with one attached hydrogen (secondary N) is 1. The van der Waals surface area contributed by atoms with Gasteiger partial charge in [0.15, 0.2) is 0 Å².